The second kappa shape index (κ2) is 6.80. The van der Waals surface area contributed by atoms with Crippen LogP contribution in [0.5, 0.6) is 5.75 Å². The van der Waals surface area contributed by atoms with Crippen LogP contribution in [0.1, 0.15) is 18.7 Å². The van der Waals surface area contributed by atoms with Crippen molar-refractivity contribution >= 4 is 0 Å². The Hall–Kier alpha value is -2.09. The highest BCUT2D eigenvalue weighted by Crippen LogP contribution is 2.33. The first kappa shape index (κ1) is 16.8. The highest BCUT2D eigenvalue weighted by molar-refractivity contribution is 5.63. The van der Waals surface area contributed by atoms with Crippen LogP contribution in [0.2, 0.25) is 0 Å². The number of alkyl halides is 3. The Morgan fingerprint density at radius 3 is 2.88 bits per heavy atom. The maximum absolute atomic E-state index is 12.9. The molecular weight excluding hydrogens is 323 g/mol. The van der Waals surface area contributed by atoms with Crippen molar-refractivity contribution in [2.45, 2.75) is 25.6 Å². The van der Waals surface area contributed by atoms with E-state index in [0.29, 0.717) is 36.0 Å². The number of hydrogen-bond donors (Lipinski definition) is 0. The van der Waals surface area contributed by atoms with Crippen molar-refractivity contribution < 1.29 is 22.4 Å². The minimum atomic E-state index is -4.16. The van der Waals surface area contributed by atoms with Gasteiger partial charge >= 0.3 is 6.18 Å². The van der Waals surface area contributed by atoms with Crippen LogP contribution >= 0.6 is 0 Å². The molecule has 8 heteroatoms. The third kappa shape index (κ3) is 3.69. The largest absolute Gasteiger partial charge is 0.496 e. The summed E-state index contributed by atoms with van der Waals surface area (Å²) in [5.41, 5.74) is 0.682. The van der Waals surface area contributed by atoms with Crippen LogP contribution in [0.15, 0.2) is 28.8 Å². The molecule has 130 valence electrons. The number of halogens is 3. The minimum Gasteiger partial charge on any atom is -0.496 e. The lowest BCUT2D eigenvalue weighted by molar-refractivity contribution is -0.187. The molecule has 1 aromatic carbocycles. The molecule has 0 spiro atoms. The van der Waals surface area contributed by atoms with Crippen molar-refractivity contribution in [3.05, 3.63) is 30.2 Å². The summed E-state index contributed by atoms with van der Waals surface area (Å²) < 4.78 is 49.1. The molecule has 5 nitrogen and oxygen atoms in total. The lowest BCUT2D eigenvalue weighted by atomic mass is 9.97. The van der Waals surface area contributed by atoms with Gasteiger partial charge in [0.2, 0.25) is 11.7 Å². The van der Waals surface area contributed by atoms with Gasteiger partial charge in [-0.3, -0.25) is 4.90 Å². The summed E-state index contributed by atoms with van der Waals surface area (Å²) >= 11 is 0. The molecule has 0 bridgehead atoms. The number of likely N-dealkylation sites (tertiary alicyclic amines) is 1. The maximum atomic E-state index is 12.9. The Bertz CT molecular complexity index is 687. The Morgan fingerprint density at radius 2 is 2.12 bits per heavy atom. The monoisotopic (exact) mass is 341 g/mol. The van der Waals surface area contributed by atoms with Crippen LogP contribution in [-0.4, -0.2) is 41.4 Å². The molecule has 0 radical (unpaired) electrons. The van der Waals surface area contributed by atoms with Crippen LogP contribution in [0.4, 0.5) is 13.2 Å². The fourth-order valence-corrected chi connectivity index (χ4v) is 2.92. The lowest BCUT2D eigenvalue weighted by Crippen LogP contribution is -2.41. The maximum Gasteiger partial charge on any atom is 0.393 e. The van der Waals surface area contributed by atoms with E-state index in [2.05, 4.69) is 10.1 Å². The molecule has 0 N–H and O–H groups in total. The number of nitrogens with zero attached hydrogens (tertiary/aromatic N) is 3. The summed E-state index contributed by atoms with van der Waals surface area (Å²) in [6, 6.07) is 7.23. The molecule has 1 aliphatic rings. The van der Waals surface area contributed by atoms with Gasteiger partial charge in [0, 0.05) is 6.54 Å². The Kier molecular flexibility index (Phi) is 4.75. The molecule has 0 amide bonds. The van der Waals surface area contributed by atoms with E-state index < -0.39 is 12.1 Å². The van der Waals surface area contributed by atoms with E-state index in [4.69, 9.17) is 9.26 Å². The first-order valence-corrected chi connectivity index (χ1v) is 7.72. The van der Waals surface area contributed by atoms with Crippen molar-refractivity contribution in [2.75, 3.05) is 20.2 Å². The zero-order chi connectivity index (χ0) is 17.2. The highest BCUT2D eigenvalue weighted by Gasteiger charge is 2.41. The molecule has 1 aromatic heterocycles. The number of hydrogen-bond acceptors (Lipinski definition) is 5. The number of rotatable bonds is 4. The van der Waals surface area contributed by atoms with Crippen LogP contribution < -0.4 is 4.74 Å². The van der Waals surface area contributed by atoms with Crippen LogP contribution in [-0.2, 0) is 6.54 Å². The van der Waals surface area contributed by atoms with Gasteiger partial charge in [0.05, 0.1) is 25.1 Å². The number of benzene rings is 1. The lowest BCUT2D eigenvalue weighted by Gasteiger charge is -2.32. The molecule has 1 aliphatic heterocycles. The van der Waals surface area contributed by atoms with Crippen molar-refractivity contribution in [3.63, 3.8) is 0 Å². The SMILES string of the molecule is COc1ccccc1-c1noc(CN2CCC[C@H](C(F)(F)F)C2)n1. The second-order valence-electron chi connectivity index (χ2n) is 5.83. The van der Waals surface area contributed by atoms with Gasteiger partial charge in [-0.05, 0) is 31.5 Å². The van der Waals surface area contributed by atoms with Crippen molar-refractivity contribution in [3.8, 4) is 17.1 Å². The van der Waals surface area contributed by atoms with E-state index in [1.807, 2.05) is 12.1 Å². The van der Waals surface area contributed by atoms with Gasteiger partial charge in [-0.1, -0.05) is 17.3 Å². The molecule has 1 fully saturated rings. The summed E-state index contributed by atoms with van der Waals surface area (Å²) in [5.74, 6) is -0.00613. The fourth-order valence-electron chi connectivity index (χ4n) is 2.92. The fraction of sp³-hybridized carbons (Fsp3) is 0.500. The normalized spacial score (nSPS) is 19.4. The standard InChI is InChI=1S/C16H18F3N3O2/c1-23-13-7-3-2-6-12(13)15-20-14(24-21-15)10-22-8-4-5-11(9-22)16(17,18)19/h2-3,6-7,11H,4-5,8-10H2,1H3/t11-/m0/s1. The molecular formula is C16H18F3N3O2. The van der Waals surface area contributed by atoms with Gasteiger partial charge in [-0.25, -0.2) is 0 Å². The number of piperidine rings is 1. The summed E-state index contributed by atoms with van der Waals surface area (Å²) in [4.78, 5) is 6.00. The number of methoxy groups -OCH3 is 1. The quantitative estimate of drug-likeness (QED) is 0.852. The van der Waals surface area contributed by atoms with Gasteiger partial charge in [0.1, 0.15) is 5.75 Å². The molecule has 0 aliphatic carbocycles. The molecule has 3 rings (SSSR count). The third-order valence-corrected chi connectivity index (χ3v) is 4.14. The highest BCUT2D eigenvalue weighted by atomic mass is 19.4. The van der Waals surface area contributed by atoms with E-state index in [9.17, 15) is 13.2 Å². The first-order chi connectivity index (χ1) is 11.5. The van der Waals surface area contributed by atoms with Crippen molar-refractivity contribution in [2.24, 2.45) is 5.92 Å². The molecule has 1 saturated heterocycles. The van der Waals surface area contributed by atoms with Crippen LogP contribution in [0.25, 0.3) is 11.4 Å². The Balaban J connectivity index is 1.70. The van der Waals surface area contributed by atoms with Gasteiger partial charge in [0.15, 0.2) is 0 Å². The molecule has 0 saturated carbocycles. The Morgan fingerprint density at radius 1 is 1.33 bits per heavy atom. The zero-order valence-electron chi connectivity index (χ0n) is 13.2. The number of aromatic nitrogens is 2. The molecule has 1 atom stereocenters. The van der Waals surface area contributed by atoms with E-state index >= 15 is 0 Å². The van der Waals surface area contributed by atoms with E-state index in [0.717, 1.165) is 0 Å². The average Bonchev–Trinajstić information content (AvgIpc) is 3.02. The molecule has 2 heterocycles. The predicted molar refractivity (Wildman–Crippen MR) is 80.3 cm³/mol. The van der Waals surface area contributed by atoms with E-state index in [-0.39, 0.29) is 19.5 Å². The first-order valence-electron chi connectivity index (χ1n) is 7.72. The van der Waals surface area contributed by atoms with Crippen molar-refractivity contribution in [1.82, 2.24) is 15.0 Å². The van der Waals surface area contributed by atoms with Crippen LogP contribution in [0, 0.1) is 5.92 Å². The van der Waals surface area contributed by atoms with Gasteiger partial charge < -0.3 is 9.26 Å². The zero-order valence-corrected chi connectivity index (χ0v) is 13.2. The van der Waals surface area contributed by atoms with Gasteiger partial charge in [-0.15, -0.1) is 0 Å². The molecule has 24 heavy (non-hydrogen) atoms. The van der Waals surface area contributed by atoms with Crippen molar-refractivity contribution in [1.29, 1.82) is 0 Å². The predicted octanol–water partition coefficient (Wildman–Crippen LogP) is 3.52. The van der Waals surface area contributed by atoms with E-state index in [1.165, 1.54) is 0 Å². The minimum absolute atomic E-state index is 0.0319. The molecule has 0 unspecified atom stereocenters. The molecule has 2 aromatic rings. The van der Waals surface area contributed by atoms with Crippen LogP contribution in [0.3, 0.4) is 0 Å². The summed E-state index contributed by atoms with van der Waals surface area (Å²) in [5, 5.41) is 3.91. The van der Waals surface area contributed by atoms with Gasteiger partial charge in [-0.2, -0.15) is 18.2 Å². The third-order valence-electron chi connectivity index (χ3n) is 4.14. The smallest absolute Gasteiger partial charge is 0.393 e. The summed E-state index contributed by atoms with van der Waals surface area (Å²) in [6.45, 7) is 0.781. The number of para-hydroxylation sites is 1. The van der Waals surface area contributed by atoms with Gasteiger partial charge in [0.25, 0.3) is 0 Å². The topological polar surface area (TPSA) is 51.4 Å². The average molecular weight is 341 g/mol. The summed E-state index contributed by atoms with van der Waals surface area (Å²) in [7, 11) is 1.55. The summed E-state index contributed by atoms with van der Waals surface area (Å²) in [6.07, 6.45) is -3.47. The van der Waals surface area contributed by atoms with E-state index in [1.54, 1.807) is 24.1 Å². The second-order valence-corrected chi connectivity index (χ2v) is 5.83. The Labute approximate surface area is 137 Å². The number of ether oxygens (including phenoxy) is 1.